The minimum atomic E-state index is 0.0646. The number of unbranched alkanes of at least 4 members (excludes halogenated alkanes) is 13. The molecule has 0 aromatic rings. The third-order valence-corrected chi connectivity index (χ3v) is 14.3. The summed E-state index contributed by atoms with van der Waals surface area (Å²) in [4.78, 5) is 12.8. The first-order valence-electron chi connectivity index (χ1n) is 21.1. The van der Waals surface area contributed by atoms with E-state index in [1.165, 1.54) is 141 Å². The van der Waals surface area contributed by atoms with E-state index < -0.39 is 0 Å². The van der Waals surface area contributed by atoms with Crippen molar-refractivity contribution in [3.8, 4) is 0 Å². The first-order valence-corrected chi connectivity index (χ1v) is 21.1. The maximum Gasteiger partial charge on any atom is 0.306 e. The lowest BCUT2D eigenvalue weighted by Gasteiger charge is -2.58. The van der Waals surface area contributed by atoms with Gasteiger partial charge in [0, 0.05) is 12.8 Å². The van der Waals surface area contributed by atoms with Gasteiger partial charge in [0.05, 0.1) is 0 Å². The highest BCUT2D eigenvalue weighted by Crippen LogP contribution is 2.67. The number of rotatable bonds is 21. The number of allylic oxidation sites excluding steroid dienone is 1. The van der Waals surface area contributed by atoms with Gasteiger partial charge in [-0.3, -0.25) is 4.79 Å². The zero-order chi connectivity index (χ0) is 33.0. The van der Waals surface area contributed by atoms with Crippen LogP contribution in [0.5, 0.6) is 0 Å². The molecule has 3 fully saturated rings. The van der Waals surface area contributed by atoms with E-state index in [0.717, 1.165) is 54.8 Å². The Kier molecular flexibility index (Phi) is 15.6. The summed E-state index contributed by atoms with van der Waals surface area (Å²) in [6.45, 7) is 15.0. The molecule has 0 amide bonds. The van der Waals surface area contributed by atoms with Crippen LogP contribution < -0.4 is 0 Å². The van der Waals surface area contributed by atoms with E-state index in [1.54, 1.807) is 5.57 Å². The second-order valence-electron chi connectivity index (χ2n) is 18.0. The molecule has 266 valence electrons. The summed E-state index contributed by atoms with van der Waals surface area (Å²) in [5.74, 6) is 5.34. The van der Waals surface area contributed by atoms with Gasteiger partial charge in [-0.05, 0) is 97.7 Å². The monoisotopic (exact) mass is 639 g/mol. The summed E-state index contributed by atoms with van der Waals surface area (Å²) in [5.41, 5.74) is 2.54. The van der Waals surface area contributed by atoms with Gasteiger partial charge in [-0.1, -0.05) is 156 Å². The minimum Gasteiger partial charge on any atom is -0.462 e. The lowest BCUT2D eigenvalue weighted by molar-refractivity contribution is -0.151. The number of fused-ring (bicyclic) bond motifs is 5. The molecule has 0 spiro atoms. The molecule has 0 aromatic carbocycles. The van der Waals surface area contributed by atoms with Gasteiger partial charge in [-0.15, -0.1) is 0 Å². The number of carbonyl (C=O) groups excluding carboxylic acids is 1. The molecule has 0 N–H and O–H groups in total. The van der Waals surface area contributed by atoms with Crippen LogP contribution in [-0.2, 0) is 9.53 Å². The Hall–Kier alpha value is -0.790. The zero-order valence-electron chi connectivity index (χ0n) is 31.8. The molecule has 0 radical (unpaired) electrons. The van der Waals surface area contributed by atoms with Crippen LogP contribution >= 0.6 is 0 Å². The molecular weight excluding hydrogens is 560 g/mol. The second-order valence-corrected chi connectivity index (χ2v) is 18.0. The molecule has 3 unspecified atom stereocenters. The van der Waals surface area contributed by atoms with Crippen LogP contribution in [0.4, 0.5) is 0 Å². The van der Waals surface area contributed by atoms with Gasteiger partial charge in [-0.2, -0.15) is 0 Å². The Balaban J connectivity index is 1.12. The van der Waals surface area contributed by atoms with Crippen LogP contribution in [0.15, 0.2) is 11.6 Å². The molecule has 0 aromatic heterocycles. The van der Waals surface area contributed by atoms with Crippen molar-refractivity contribution in [3.05, 3.63) is 11.6 Å². The minimum absolute atomic E-state index is 0.0646. The van der Waals surface area contributed by atoms with Gasteiger partial charge >= 0.3 is 5.97 Å². The van der Waals surface area contributed by atoms with Crippen molar-refractivity contribution in [2.75, 3.05) is 0 Å². The molecule has 0 saturated heterocycles. The van der Waals surface area contributed by atoms with Crippen LogP contribution in [0.1, 0.15) is 208 Å². The van der Waals surface area contributed by atoms with E-state index in [2.05, 4.69) is 47.6 Å². The molecule has 2 nitrogen and oxygen atoms in total. The topological polar surface area (TPSA) is 26.3 Å². The van der Waals surface area contributed by atoms with Crippen LogP contribution in [0, 0.1) is 46.3 Å². The molecule has 46 heavy (non-hydrogen) atoms. The third kappa shape index (κ3) is 10.1. The van der Waals surface area contributed by atoms with Gasteiger partial charge in [-0.25, -0.2) is 0 Å². The molecule has 4 aliphatic carbocycles. The van der Waals surface area contributed by atoms with Crippen molar-refractivity contribution in [2.45, 2.75) is 215 Å². The number of ether oxygens (including phenoxy) is 1. The summed E-state index contributed by atoms with van der Waals surface area (Å²) in [6.07, 6.45) is 36.9. The normalized spacial score (nSPS) is 32.8. The summed E-state index contributed by atoms with van der Waals surface area (Å²) < 4.78 is 6.13. The van der Waals surface area contributed by atoms with E-state index in [1.807, 2.05) is 0 Å². The average Bonchev–Trinajstić information content (AvgIpc) is 3.38. The Morgan fingerprint density at radius 1 is 0.761 bits per heavy atom. The number of hydrogen-bond acceptors (Lipinski definition) is 2. The van der Waals surface area contributed by atoms with Crippen molar-refractivity contribution >= 4 is 5.97 Å². The molecule has 0 aliphatic heterocycles. The fourth-order valence-electron chi connectivity index (χ4n) is 11.5. The van der Waals surface area contributed by atoms with E-state index in [4.69, 9.17) is 4.74 Å². The highest BCUT2D eigenvalue weighted by atomic mass is 16.5. The van der Waals surface area contributed by atoms with Gasteiger partial charge in [0.15, 0.2) is 0 Å². The predicted octanol–water partition coefficient (Wildman–Crippen LogP) is 13.8. The third-order valence-electron chi connectivity index (χ3n) is 14.3. The quantitative estimate of drug-likeness (QED) is 0.0710. The van der Waals surface area contributed by atoms with Gasteiger partial charge in [0.1, 0.15) is 6.10 Å². The molecule has 8 atom stereocenters. The fourth-order valence-corrected chi connectivity index (χ4v) is 11.5. The van der Waals surface area contributed by atoms with Crippen molar-refractivity contribution in [2.24, 2.45) is 46.3 Å². The number of hydrogen-bond donors (Lipinski definition) is 0. The summed E-state index contributed by atoms with van der Waals surface area (Å²) in [5, 5.41) is 0. The first kappa shape index (κ1) is 38.0. The largest absolute Gasteiger partial charge is 0.462 e. The Labute approximate surface area is 287 Å². The maximum atomic E-state index is 12.8. The maximum absolute atomic E-state index is 12.8. The van der Waals surface area contributed by atoms with Crippen molar-refractivity contribution < 1.29 is 9.53 Å². The van der Waals surface area contributed by atoms with Gasteiger partial charge in [0.2, 0.25) is 0 Å². The molecule has 3 saturated carbocycles. The Bertz CT molecular complexity index is 919. The molecule has 2 heteroatoms. The van der Waals surface area contributed by atoms with E-state index in [0.29, 0.717) is 17.3 Å². The standard InChI is InChI=1S/C44H78O2/c1-7-8-9-10-11-12-13-14-15-16-17-18-19-20-24-42(45)46-37-29-31-43(5)36(33-37)25-26-38-40-28-27-39(35(4)23-21-22-34(2)3)44(40,6)32-30-41(38)43/h25,34-35,37-41H,7-24,26-33H2,1-6H3/t35?,37?,38-,39?,40-,41+,43+,44-/m1/s1. The SMILES string of the molecule is CCCCCCCCCCCCCCCCC(=O)OC1CC[C@@]2(C)C(=CC[C@@H]3[C@H]4CCC(C(C)CCCC(C)C)[C@@]4(C)CC[C@@H]32)C1. The van der Waals surface area contributed by atoms with Crippen LogP contribution in [0.3, 0.4) is 0 Å². The Morgan fingerprint density at radius 2 is 1.39 bits per heavy atom. The van der Waals surface area contributed by atoms with Gasteiger partial charge in [0.25, 0.3) is 0 Å². The predicted molar refractivity (Wildman–Crippen MR) is 198 cm³/mol. The molecule has 4 rings (SSSR count). The lowest BCUT2D eigenvalue weighted by Crippen LogP contribution is -2.51. The van der Waals surface area contributed by atoms with Crippen molar-refractivity contribution in [3.63, 3.8) is 0 Å². The molecule has 4 aliphatic rings. The van der Waals surface area contributed by atoms with E-state index >= 15 is 0 Å². The Morgan fingerprint density at radius 3 is 2.02 bits per heavy atom. The molecule has 0 bridgehead atoms. The fraction of sp³-hybridized carbons (Fsp3) is 0.932. The summed E-state index contributed by atoms with van der Waals surface area (Å²) >= 11 is 0. The van der Waals surface area contributed by atoms with Crippen molar-refractivity contribution in [1.82, 2.24) is 0 Å². The highest BCUT2D eigenvalue weighted by molar-refractivity contribution is 5.69. The van der Waals surface area contributed by atoms with E-state index in [-0.39, 0.29) is 12.1 Å². The highest BCUT2D eigenvalue weighted by Gasteiger charge is 2.59. The summed E-state index contributed by atoms with van der Waals surface area (Å²) in [7, 11) is 0. The van der Waals surface area contributed by atoms with Crippen LogP contribution in [-0.4, -0.2) is 12.1 Å². The number of carbonyl (C=O) groups is 1. The van der Waals surface area contributed by atoms with Crippen LogP contribution in [0.25, 0.3) is 0 Å². The average molecular weight is 639 g/mol. The smallest absolute Gasteiger partial charge is 0.306 e. The van der Waals surface area contributed by atoms with Gasteiger partial charge < -0.3 is 4.74 Å². The zero-order valence-corrected chi connectivity index (χ0v) is 31.8. The van der Waals surface area contributed by atoms with Crippen LogP contribution in [0.2, 0.25) is 0 Å². The number of esters is 1. The van der Waals surface area contributed by atoms with Crippen molar-refractivity contribution in [1.29, 1.82) is 0 Å². The molecular formula is C44H78O2. The first-order chi connectivity index (χ1) is 22.2. The summed E-state index contributed by atoms with van der Waals surface area (Å²) in [6, 6.07) is 0. The van der Waals surface area contributed by atoms with E-state index in [9.17, 15) is 4.79 Å². The molecule has 0 heterocycles. The second kappa shape index (κ2) is 18.8. The lowest BCUT2D eigenvalue weighted by atomic mass is 9.47.